The largest absolute Gasteiger partial charge is 0.184 e. The summed E-state index contributed by atoms with van der Waals surface area (Å²) in [5, 5.41) is 8.37. The smallest absolute Gasteiger partial charge is 0.0920 e. The van der Waals surface area contributed by atoms with Gasteiger partial charge in [-0.2, -0.15) is 41.6 Å². The van der Waals surface area contributed by atoms with Crippen molar-refractivity contribution in [3.63, 3.8) is 0 Å². The van der Waals surface area contributed by atoms with Gasteiger partial charge in [0.2, 0.25) is 0 Å². The molecule has 0 amide bonds. The zero-order chi connectivity index (χ0) is 37.9. The third kappa shape index (κ3) is 9.18. The molecular weight excluding hydrogens is 791 g/mol. The normalized spacial score (nSPS) is 11.0. The summed E-state index contributed by atoms with van der Waals surface area (Å²) in [4.78, 5) is 0. The van der Waals surface area contributed by atoms with Crippen molar-refractivity contribution >= 4 is 58.5 Å². The third-order valence-electron chi connectivity index (χ3n) is 10.1. The minimum atomic E-state index is -0.826. The van der Waals surface area contributed by atoms with Crippen LogP contribution in [0.3, 0.4) is 0 Å². The van der Waals surface area contributed by atoms with Crippen LogP contribution in [0, 0.1) is 6.07 Å². The maximum absolute atomic E-state index is 4.93. The van der Waals surface area contributed by atoms with E-state index in [1.54, 1.807) is 0 Å². The van der Waals surface area contributed by atoms with E-state index in [2.05, 4.69) is 179 Å². The van der Waals surface area contributed by atoms with Gasteiger partial charge in [-0.3, -0.25) is 0 Å². The first kappa shape index (κ1) is 39.9. The van der Waals surface area contributed by atoms with Crippen LogP contribution in [0.1, 0.15) is 49.9 Å². The van der Waals surface area contributed by atoms with Crippen LogP contribution in [0.25, 0.3) is 54.9 Å². The van der Waals surface area contributed by atoms with Crippen LogP contribution in [0.4, 0.5) is 0 Å². The molecule has 0 N–H and O–H groups in total. The predicted octanol–water partition coefficient (Wildman–Crippen LogP) is 13.2. The zero-order valence-electron chi connectivity index (χ0n) is 31.5. The molecule has 2 radical (unpaired) electrons. The molecular formula is C50H45Cl2SiZr-3. The van der Waals surface area contributed by atoms with Gasteiger partial charge in [0.05, 0.1) is 9.52 Å². The number of fused-ring (bicyclic) bond motifs is 5. The summed E-state index contributed by atoms with van der Waals surface area (Å²) in [7, 11) is 10.7. The molecule has 0 unspecified atom stereocenters. The Morgan fingerprint density at radius 3 is 1.48 bits per heavy atom. The molecule has 0 spiro atoms. The van der Waals surface area contributed by atoms with Crippen molar-refractivity contribution in [3.05, 3.63) is 180 Å². The summed E-state index contributed by atoms with van der Waals surface area (Å²) in [6.07, 6.45) is 4.36. The summed E-state index contributed by atoms with van der Waals surface area (Å²) in [6.45, 7) is 8.91. The molecule has 0 aromatic heterocycles. The van der Waals surface area contributed by atoms with E-state index in [9.17, 15) is 0 Å². The fraction of sp³-hybridized carbons (Fsp3) is 0.160. The zero-order valence-corrected chi connectivity index (χ0v) is 36.5. The van der Waals surface area contributed by atoms with E-state index in [1.807, 2.05) is 6.07 Å². The summed E-state index contributed by atoms with van der Waals surface area (Å²) >= 11 is -0.826. The molecule has 4 heteroatoms. The third-order valence-corrected chi connectivity index (χ3v) is 11.5. The predicted molar refractivity (Wildman–Crippen MR) is 235 cm³/mol. The van der Waals surface area contributed by atoms with Crippen LogP contribution in [-0.4, -0.2) is 9.52 Å². The topological polar surface area (TPSA) is 0 Å². The molecule has 0 aliphatic carbocycles. The molecule has 8 aromatic carbocycles. The Kier molecular flexibility index (Phi) is 14.6. The molecule has 0 saturated carbocycles. The molecule has 0 bridgehead atoms. The quantitative estimate of drug-likeness (QED) is 0.116. The average Bonchev–Trinajstić information content (AvgIpc) is 3.96. The Balaban J connectivity index is 0.000000135. The second-order valence-corrected chi connectivity index (χ2v) is 18.3. The molecule has 0 nitrogen and oxygen atoms in total. The van der Waals surface area contributed by atoms with Gasteiger partial charge in [-0.1, -0.05) is 146 Å². The van der Waals surface area contributed by atoms with E-state index in [-0.39, 0.29) is 0 Å². The van der Waals surface area contributed by atoms with Crippen molar-refractivity contribution in [3.8, 4) is 33.4 Å². The summed E-state index contributed by atoms with van der Waals surface area (Å²) in [5.41, 5.74) is 14.0. The molecule has 54 heavy (non-hydrogen) atoms. The van der Waals surface area contributed by atoms with Crippen LogP contribution in [-0.2, 0) is 46.5 Å². The Labute approximate surface area is 343 Å². The van der Waals surface area contributed by atoms with Gasteiger partial charge in [-0.15, -0.1) is 74.6 Å². The standard InChI is InChI=1S/2C19H19.C12H7Si.2ClH.Zr/c2*1-3-14-12-17-11-10-15(4-2)19(18(17)13-14)16-8-6-5-7-9-16;1-3-7-11-9(5-1)10-6-2-4-8-12(10)13-11;;;/h2*5-13H,3-4H2,1-2H3;1-7H;2*1H;/q3*-1;;;+2/p-2. The SMILES string of the molecule is CCc1cc2c(-c3ccccc3)c(CC)ccc2[cH-]1.CCc1cc2c(-c3ccccc3)c(CC)ccc2[cH-]1.[Cl][Zr][Cl].[c-]1cccc2c1[Si]c1ccccc1-2. The van der Waals surface area contributed by atoms with Crippen LogP contribution < -0.4 is 10.4 Å². The number of halogens is 2. The number of aryl methyl sites for hydroxylation is 4. The summed E-state index contributed by atoms with van der Waals surface area (Å²) < 4.78 is 0. The monoisotopic (exact) mass is 833 g/mol. The van der Waals surface area contributed by atoms with Crippen LogP contribution in [0.5, 0.6) is 0 Å². The molecule has 9 rings (SSSR count). The Bertz CT molecular complexity index is 2240. The van der Waals surface area contributed by atoms with Crippen molar-refractivity contribution in [2.75, 3.05) is 0 Å². The van der Waals surface area contributed by atoms with Crippen molar-refractivity contribution < 1.29 is 20.8 Å². The molecule has 0 atom stereocenters. The minimum absolute atomic E-state index is 0.795. The Hall–Kier alpha value is -3.78. The fourth-order valence-electron chi connectivity index (χ4n) is 7.39. The molecule has 1 aliphatic rings. The van der Waals surface area contributed by atoms with Gasteiger partial charge in [0, 0.05) is 0 Å². The van der Waals surface area contributed by atoms with Crippen LogP contribution >= 0.6 is 17.0 Å². The molecule has 1 heterocycles. The van der Waals surface area contributed by atoms with Gasteiger partial charge < -0.3 is 0 Å². The number of benzene rings is 6. The van der Waals surface area contributed by atoms with Gasteiger partial charge in [0.1, 0.15) is 0 Å². The van der Waals surface area contributed by atoms with Gasteiger partial charge >= 0.3 is 37.9 Å². The summed E-state index contributed by atoms with van der Waals surface area (Å²) in [5.74, 6) is 0. The fourth-order valence-corrected chi connectivity index (χ4v) is 8.70. The van der Waals surface area contributed by atoms with Crippen molar-refractivity contribution in [2.45, 2.75) is 53.4 Å². The van der Waals surface area contributed by atoms with Crippen LogP contribution in [0.15, 0.2) is 152 Å². The second-order valence-electron chi connectivity index (χ2n) is 13.3. The summed E-state index contributed by atoms with van der Waals surface area (Å²) in [6, 6.07) is 58.1. The van der Waals surface area contributed by atoms with Crippen molar-refractivity contribution in [2.24, 2.45) is 0 Å². The van der Waals surface area contributed by atoms with Crippen molar-refractivity contribution in [1.29, 1.82) is 0 Å². The molecule has 0 saturated heterocycles. The van der Waals surface area contributed by atoms with E-state index in [0.717, 1.165) is 35.2 Å². The number of rotatable bonds is 6. The molecule has 8 aromatic rings. The van der Waals surface area contributed by atoms with Crippen LogP contribution in [0.2, 0.25) is 0 Å². The van der Waals surface area contributed by atoms with Gasteiger partial charge in [0.15, 0.2) is 0 Å². The van der Waals surface area contributed by atoms with E-state index >= 15 is 0 Å². The number of hydrogen-bond donors (Lipinski definition) is 0. The molecule has 0 fully saturated rings. The van der Waals surface area contributed by atoms with E-state index < -0.39 is 20.8 Å². The maximum Gasteiger partial charge on any atom is 0.0920 e. The molecule has 1 aliphatic heterocycles. The van der Waals surface area contributed by atoms with Crippen molar-refractivity contribution in [1.82, 2.24) is 0 Å². The van der Waals surface area contributed by atoms with E-state index in [4.69, 9.17) is 17.0 Å². The Morgan fingerprint density at radius 2 is 1.00 bits per heavy atom. The first-order valence-corrected chi connectivity index (χ1v) is 26.2. The Morgan fingerprint density at radius 1 is 0.537 bits per heavy atom. The van der Waals surface area contributed by atoms with E-state index in [0.29, 0.717) is 0 Å². The first-order chi connectivity index (χ1) is 26.5. The molecule has 270 valence electrons. The van der Waals surface area contributed by atoms with E-state index in [1.165, 1.54) is 87.6 Å². The first-order valence-electron chi connectivity index (χ1n) is 18.9. The van der Waals surface area contributed by atoms with Gasteiger partial charge in [-0.25, -0.2) is 0 Å². The average molecular weight is 836 g/mol. The van der Waals surface area contributed by atoms with Gasteiger partial charge in [-0.05, 0) is 36.8 Å². The maximum atomic E-state index is 4.93. The van der Waals surface area contributed by atoms with Gasteiger partial charge in [0.25, 0.3) is 0 Å². The minimum Gasteiger partial charge on any atom is -0.184 e. The number of hydrogen-bond acceptors (Lipinski definition) is 0. The second kappa shape index (κ2) is 19.7.